The van der Waals surface area contributed by atoms with Crippen molar-refractivity contribution in [3.05, 3.63) is 54.0 Å². The first-order valence-electron chi connectivity index (χ1n) is 4.88. The van der Waals surface area contributed by atoms with Gasteiger partial charge in [-0.1, -0.05) is 30.0 Å². The highest BCUT2D eigenvalue weighted by molar-refractivity contribution is 7.99. The van der Waals surface area contributed by atoms with E-state index in [1.165, 1.54) is 17.8 Å². The van der Waals surface area contributed by atoms with Crippen molar-refractivity contribution in [1.82, 2.24) is 4.98 Å². The number of pyridine rings is 1. The second kappa shape index (κ2) is 5.09. The molecule has 1 heterocycles. The smallest absolute Gasteiger partial charge is 0.137 e. The van der Waals surface area contributed by atoms with E-state index in [1.54, 1.807) is 18.2 Å². The lowest BCUT2D eigenvalue weighted by molar-refractivity contribution is 0.602. The first-order valence-corrected chi connectivity index (χ1v) is 5.69. The summed E-state index contributed by atoms with van der Waals surface area (Å²) in [6.45, 7) is 0.395. The highest BCUT2D eigenvalue weighted by Gasteiger charge is 2.04. The Balaban J connectivity index is 2.24. The van der Waals surface area contributed by atoms with Gasteiger partial charge < -0.3 is 5.73 Å². The molecule has 0 saturated carbocycles. The fourth-order valence-electron chi connectivity index (χ4n) is 1.27. The van der Waals surface area contributed by atoms with Crippen LogP contribution in [0.4, 0.5) is 4.39 Å². The molecule has 0 aliphatic carbocycles. The highest BCUT2D eigenvalue weighted by atomic mass is 32.2. The van der Waals surface area contributed by atoms with Crippen molar-refractivity contribution < 1.29 is 4.39 Å². The van der Waals surface area contributed by atoms with E-state index < -0.39 is 0 Å². The van der Waals surface area contributed by atoms with Crippen LogP contribution >= 0.6 is 11.8 Å². The van der Waals surface area contributed by atoms with Gasteiger partial charge in [-0.25, -0.2) is 9.37 Å². The van der Waals surface area contributed by atoms with E-state index in [-0.39, 0.29) is 5.82 Å². The van der Waals surface area contributed by atoms with Gasteiger partial charge in [-0.3, -0.25) is 0 Å². The third kappa shape index (κ3) is 2.59. The first-order chi connectivity index (χ1) is 7.79. The Morgan fingerprint density at radius 2 is 1.94 bits per heavy atom. The number of nitrogens with two attached hydrogens (primary N) is 1. The summed E-state index contributed by atoms with van der Waals surface area (Å²) >= 11 is 1.30. The maximum atomic E-state index is 13.4. The van der Waals surface area contributed by atoms with Gasteiger partial charge in [0.2, 0.25) is 0 Å². The predicted molar refractivity (Wildman–Crippen MR) is 62.7 cm³/mol. The molecular weight excluding hydrogens is 223 g/mol. The van der Waals surface area contributed by atoms with Gasteiger partial charge in [-0.05, 0) is 24.3 Å². The Morgan fingerprint density at radius 3 is 2.69 bits per heavy atom. The minimum atomic E-state index is -0.229. The second-order valence-electron chi connectivity index (χ2n) is 3.20. The quantitative estimate of drug-likeness (QED) is 0.887. The van der Waals surface area contributed by atoms with E-state index in [2.05, 4.69) is 4.98 Å². The summed E-state index contributed by atoms with van der Waals surface area (Å²) < 4.78 is 13.4. The molecule has 2 N–H and O–H groups in total. The summed E-state index contributed by atoms with van der Waals surface area (Å²) in [5, 5.41) is 0.757. The normalized spacial score (nSPS) is 10.4. The van der Waals surface area contributed by atoms with E-state index in [0.29, 0.717) is 11.4 Å². The Labute approximate surface area is 97.7 Å². The van der Waals surface area contributed by atoms with Crippen molar-refractivity contribution in [1.29, 1.82) is 0 Å². The van der Waals surface area contributed by atoms with Crippen LogP contribution in [0.15, 0.2) is 52.4 Å². The third-order valence-electron chi connectivity index (χ3n) is 2.04. The SMILES string of the molecule is NCc1cccc(Sc2ccccc2F)n1. The fourth-order valence-corrected chi connectivity index (χ4v) is 2.12. The van der Waals surface area contributed by atoms with Crippen LogP contribution < -0.4 is 5.73 Å². The van der Waals surface area contributed by atoms with Gasteiger partial charge in [0.15, 0.2) is 0 Å². The van der Waals surface area contributed by atoms with Crippen LogP contribution in [0.25, 0.3) is 0 Å². The molecule has 0 radical (unpaired) electrons. The van der Waals surface area contributed by atoms with Crippen LogP contribution in [-0.4, -0.2) is 4.98 Å². The van der Waals surface area contributed by atoms with Crippen LogP contribution in [0, 0.1) is 5.82 Å². The summed E-state index contributed by atoms with van der Waals surface area (Å²) in [5.41, 5.74) is 6.30. The molecule has 0 spiro atoms. The van der Waals surface area contributed by atoms with Gasteiger partial charge in [0, 0.05) is 11.4 Å². The molecule has 16 heavy (non-hydrogen) atoms. The van der Waals surface area contributed by atoms with E-state index >= 15 is 0 Å². The minimum Gasteiger partial charge on any atom is -0.325 e. The number of hydrogen-bond acceptors (Lipinski definition) is 3. The number of benzene rings is 1. The van der Waals surface area contributed by atoms with E-state index in [9.17, 15) is 4.39 Å². The maximum absolute atomic E-state index is 13.4. The summed E-state index contributed by atoms with van der Waals surface area (Å²) in [6.07, 6.45) is 0. The van der Waals surface area contributed by atoms with Crippen molar-refractivity contribution in [2.45, 2.75) is 16.5 Å². The molecule has 0 atom stereocenters. The van der Waals surface area contributed by atoms with Crippen LogP contribution in [0.1, 0.15) is 5.69 Å². The molecular formula is C12H11FN2S. The Morgan fingerprint density at radius 1 is 1.12 bits per heavy atom. The standard InChI is InChI=1S/C12H11FN2S/c13-10-5-1-2-6-11(10)16-12-7-3-4-9(8-14)15-12/h1-7H,8,14H2. The second-order valence-corrected chi connectivity index (χ2v) is 4.27. The maximum Gasteiger partial charge on any atom is 0.137 e. The number of rotatable bonds is 3. The summed E-state index contributed by atoms with van der Waals surface area (Å²) in [7, 11) is 0. The highest BCUT2D eigenvalue weighted by Crippen LogP contribution is 2.27. The van der Waals surface area contributed by atoms with Crippen molar-refractivity contribution in [2.24, 2.45) is 5.73 Å². The summed E-state index contributed by atoms with van der Waals surface area (Å²) in [6, 6.07) is 12.2. The van der Waals surface area contributed by atoms with E-state index in [0.717, 1.165) is 10.7 Å². The number of hydrogen-bond donors (Lipinski definition) is 1. The summed E-state index contributed by atoms with van der Waals surface area (Å²) in [5.74, 6) is -0.229. The molecule has 0 bridgehead atoms. The number of nitrogens with zero attached hydrogens (tertiary/aromatic N) is 1. The van der Waals surface area contributed by atoms with Crippen LogP contribution in [0.2, 0.25) is 0 Å². The number of halogens is 1. The van der Waals surface area contributed by atoms with Gasteiger partial charge in [0.25, 0.3) is 0 Å². The van der Waals surface area contributed by atoms with Crippen molar-refractivity contribution in [3.63, 3.8) is 0 Å². The van der Waals surface area contributed by atoms with Crippen molar-refractivity contribution in [2.75, 3.05) is 0 Å². The lowest BCUT2D eigenvalue weighted by atomic mass is 10.3. The van der Waals surface area contributed by atoms with Gasteiger partial charge in [0.1, 0.15) is 10.8 Å². The fraction of sp³-hybridized carbons (Fsp3) is 0.0833. The molecule has 82 valence electrons. The minimum absolute atomic E-state index is 0.229. The first kappa shape index (κ1) is 11.1. The van der Waals surface area contributed by atoms with Crippen LogP contribution in [0.5, 0.6) is 0 Å². The lowest BCUT2D eigenvalue weighted by Gasteiger charge is -2.03. The number of aromatic nitrogens is 1. The zero-order chi connectivity index (χ0) is 11.4. The molecule has 4 heteroatoms. The molecule has 0 aliphatic rings. The average Bonchev–Trinajstić information content (AvgIpc) is 2.32. The molecule has 1 aromatic heterocycles. The molecule has 1 aromatic carbocycles. The molecule has 0 fully saturated rings. The topological polar surface area (TPSA) is 38.9 Å². The van der Waals surface area contributed by atoms with Gasteiger partial charge in [0.05, 0.1) is 5.69 Å². The zero-order valence-corrected chi connectivity index (χ0v) is 9.38. The molecule has 0 amide bonds. The monoisotopic (exact) mass is 234 g/mol. The van der Waals surface area contributed by atoms with Crippen LogP contribution in [0.3, 0.4) is 0 Å². The van der Waals surface area contributed by atoms with E-state index in [4.69, 9.17) is 5.73 Å². The van der Waals surface area contributed by atoms with E-state index in [1.807, 2.05) is 18.2 Å². The Bertz CT molecular complexity index is 488. The molecule has 2 nitrogen and oxygen atoms in total. The van der Waals surface area contributed by atoms with Gasteiger partial charge in [-0.15, -0.1) is 0 Å². The largest absolute Gasteiger partial charge is 0.325 e. The van der Waals surface area contributed by atoms with Crippen LogP contribution in [-0.2, 0) is 6.54 Å². The zero-order valence-electron chi connectivity index (χ0n) is 8.56. The molecule has 0 saturated heterocycles. The molecule has 0 unspecified atom stereocenters. The third-order valence-corrected chi connectivity index (χ3v) is 3.03. The summed E-state index contributed by atoms with van der Waals surface area (Å²) in [4.78, 5) is 4.87. The molecule has 2 aromatic rings. The molecule has 2 rings (SSSR count). The van der Waals surface area contributed by atoms with Crippen molar-refractivity contribution >= 4 is 11.8 Å². The predicted octanol–water partition coefficient (Wildman–Crippen LogP) is 2.83. The van der Waals surface area contributed by atoms with Gasteiger partial charge >= 0.3 is 0 Å². The Hall–Kier alpha value is -1.39. The molecule has 0 aliphatic heterocycles. The van der Waals surface area contributed by atoms with Gasteiger partial charge in [-0.2, -0.15) is 0 Å². The van der Waals surface area contributed by atoms with Crippen molar-refractivity contribution in [3.8, 4) is 0 Å². The Kier molecular flexibility index (Phi) is 3.54. The lowest BCUT2D eigenvalue weighted by Crippen LogP contribution is -1.99. The average molecular weight is 234 g/mol.